The van der Waals surface area contributed by atoms with Crippen molar-refractivity contribution >= 4 is 23.1 Å². The fraction of sp³-hybridized carbons (Fsp3) is 0.174. The van der Waals surface area contributed by atoms with Crippen molar-refractivity contribution in [2.45, 2.75) is 24.7 Å². The van der Waals surface area contributed by atoms with Gasteiger partial charge in [0, 0.05) is 28.9 Å². The highest BCUT2D eigenvalue weighted by Crippen LogP contribution is 2.55. The Hall–Kier alpha value is -3.99. The fourth-order valence-electron chi connectivity index (χ4n) is 4.87. The van der Waals surface area contributed by atoms with Gasteiger partial charge in [-0.25, -0.2) is 8.78 Å². The normalized spacial score (nSPS) is 22.4. The summed E-state index contributed by atoms with van der Waals surface area (Å²) in [5, 5.41) is 12.8. The Bertz CT molecular complexity index is 1290. The number of carbonyl (C=O) groups excluding carboxylic acids is 2. The molecule has 1 aliphatic carbocycles. The van der Waals surface area contributed by atoms with E-state index in [1.54, 1.807) is 6.07 Å². The summed E-state index contributed by atoms with van der Waals surface area (Å²) in [6.45, 7) is 0. The third-order valence-electron chi connectivity index (χ3n) is 6.05. The van der Waals surface area contributed by atoms with E-state index < -0.39 is 23.0 Å². The number of fused-ring (bicyclic) bond motifs is 3. The van der Waals surface area contributed by atoms with Crippen LogP contribution in [0.15, 0.2) is 65.1 Å². The third kappa shape index (κ3) is 2.40. The number of nitrogens with zero attached hydrogens (tertiary/aromatic N) is 2. The summed E-state index contributed by atoms with van der Waals surface area (Å²) in [6, 6.07) is 11.3. The van der Waals surface area contributed by atoms with Gasteiger partial charge in [-0.3, -0.25) is 14.5 Å². The Labute approximate surface area is 176 Å². The molecule has 6 nitrogen and oxygen atoms in total. The second-order valence-corrected chi connectivity index (χ2v) is 7.68. The lowest BCUT2D eigenvalue weighted by Crippen LogP contribution is -2.50. The van der Waals surface area contributed by atoms with Gasteiger partial charge in [-0.15, -0.1) is 0 Å². The zero-order valence-corrected chi connectivity index (χ0v) is 16.2. The highest BCUT2D eigenvalue weighted by atomic mass is 19.1. The van der Waals surface area contributed by atoms with Crippen molar-refractivity contribution in [2.75, 3.05) is 10.2 Å². The largest absolute Gasteiger partial charge is 0.384 e. The van der Waals surface area contributed by atoms with Crippen LogP contribution in [0.4, 0.5) is 20.2 Å². The Morgan fingerprint density at radius 2 is 1.87 bits per heavy atom. The number of hydrogen-bond donors (Lipinski definition) is 2. The lowest BCUT2D eigenvalue weighted by molar-refractivity contribution is -0.122. The van der Waals surface area contributed by atoms with Crippen LogP contribution in [0.5, 0.6) is 0 Å². The van der Waals surface area contributed by atoms with Crippen LogP contribution in [0.1, 0.15) is 24.8 Å². The molecule has 0 radical (unpaired) electrons. The van der Waals surface area contributed by atoms with Crippen LogP contribution in [0.25, 0.3) is 0 Å². The Kier molecular flexibility index (Phi) is 3.99. The Morgan fingerprint density at radius 3 is 2.61 bits per heavy atom. The molecule has 1 amide bonds. The number of ketones is 1. The number of allylic oxidation sites excluding steroid dienone is 1. The summed E-state index contributed by atoms with van der Waals surface area (Å²) in [5.74, 6) is -2.17. The van der Waals surface area contributed by atoms with Crippen LogP contribution in [0.3, 0.4) is 0 Å². The summed E-state index contributed by atoms with van der Waals surface area (Å²) in [7, 11) is 0. The first-order chi connectivity index (χ1) is 14.9. The number of halogens is 2. The van der Waals surface area contributed by atoms with Crippen molar-refractivity contribution in [1.82, 2.24) is 0 Å². The molecule has 1 spiro atoms. The predicted molar refractivity (Wildman–Crippen MR) is 108 cm³/mol. The van der Waals surface area contributed by atoms with Crippen molar-refractivity contribution in [1.29, 1.82) is 5.26 Å². The molecule has 5 rings (SSSR count). The van der Waals surface area contributed by atoms with E-state index in [9.17, 15) is 23.6 Å². The molecular weight excluding hydrogens is 402 g/mol. The van der Waals surface area contributed by atoms with Gasteiger partial charge in [-0.1, -0.05) is 6.07 Å². The highest BCUT2D eigenvalue weighted by molar-refractivity contribution is 6.19. The molecule has 0 unspecified atom stereocenters. The molecule has 31 heavy (non-hydrogen) atoms. The van der Waals surface area contributed by atoms with E-state index in [4.69, 9.17) is 5.73 Å². The number of nitriles is 1. The fourth-order valence-corrected chi connectivity index (χ4v) is 4.87. The summed E-state index contributed by atoms with van der Waals surface area (Å²) in [6.07, 6.45) is 1.07. The first-order valence-corrected chi connectivity index (χ1v) is 9.74. The lowest BCUT2D eigenvalue weighted by atomic mass is 9.64. The number of amides is 1. The van der Waals surface area contributed by atoms with E-state index in [0.717, 1.165) is 6.07 Å². The minimum atomic E-state index is -1.84. The van der Waals surface area contributed by atoms with Crippen molar-refractivity contribution in [3.8, 4) is 6.07 Å². The lowest BCUT2D eigenvalue weighted by Gasteiger charge is -2.43. The quantitative estimate of drug-likeness (QED) is 0.740. The maximum absolute atomic E-state index is 14.2. The standard InChI is InChI=1S/C23H16F2N4O2/c24-12-3-1-4-14(9-12)29-18-5-2-6-19(30)20(18)23(16(11-26)21(29)27)15-10-13(25)7-8-17(15)28-22(23)31/h1,3-4,7-10H,2,5-6,27H2,(H,28,31)/t23-/m1/s1. The van der Waals surface area contributed by atoms with Crippen LogP contribution in [-0.2, 0) is 15.0 Å². The minimum Gasteiger partial charge on any atom is -0.384 e. The van der Waals surface area contributed by atoms with E-state index >= 15 is 0 Å². The SMILES string of the molecule is N#CC1=C(N)N(c2cccc(F)c2)C2=C(C(=O)CCC2)[C@]12C(=O)Nc1ccc(F)cc12. The molecule has 0 fully saturated rings. The number of hydrogen-bond acceptors (Lipinski definition) is 5. The molecule has 2 aromatic rings. The van der Waals surface area contributed by atoms with Crippen LogP contribution >= 0.6 is 0 Å². The second kappa shape index (κ2) is 6.51. The van der Waals surface area contributed by atoms with Crippen LogP contribution in [0.2, 0.25) is 0 Å². The third-order valence-corrected chi connectivity index (χ3v) is 6.05. The van der Waals surface area contributed by atoms with Gasteiger partial charge in [0.1, 0.15) is 28.9 Å². The molecule has 3 N–H and O–H groups in total. The molecule has 0 saturated carbocycles. The van der Waals surface area contributed by atoms with Crippen molar-refractivity contribution in [3.05, 3.63) is 82.3 Å². The zero-order chi connectivity index (χ0) is 21.9. The first kappa shape index (κ1) is 19.0. The Balaban J connectivity index is 1.90. The van der Waals surface area contributed by atoms with Crippen molar-refractivity contribution in [3.63, 3.8) is 0 Å². The topological polar surface area (TPSA) is 99.2 Å². The smallest absolute Gasteiger partial charge is 0.245 e. The maximum atomic E-state index is 14.2. The van der Waals surface area contributed by atoms with Gasteiger partial charge in [0.05, 0.1) is 11.3 Å². The van der Waals surface area contributed by atoms with Crippen LogP contribution in [0, 0.1) is 23.0 Å². The molecule has 1 atom stereocenters. The van der Waals surface area contributed by atoms with Gasteiger partial charge >= 0.3 is 0 Å². The monoisotopic (exact) mass is 418 g/mol. The van der Waals surface area contributed by atoms with E-state index in [0.29, 0.717) is 29.9 Å². The van der Waals surface area contributed by atoms with Gasteiger partial charge in [0.2, 0.25) is 5.91 Å². The van der Waals surface area contributed by atoms with Crippen molar-refractivity contribution in [2.24, 2.45) is 5.73 Å². The predicted octanol–water partition coefficient (Wildman–Crippen LogP) is 3.38. The number of benzene rings is 2. The number of anilines is 2. The van der Waals surface area contributed by atoms with Crippen molar-refractivity contribution < 1.29 is 18.4 Å². The van der Waals surface area contributed by atoms with Gasteiger partial charge in [0.25, 0.3) is 0 Å². The van der Waals surface area contributed by atoms with Crippen LogP contribution < -0.4 is 16.0 Å². The number of carbonyl (C=O) groups is 2. The maximum Gasteiger partial charge on any atom is 0.245 e. The average Bonchev–Trinajstić information content (AvgIpc) is 3.00. The van der Waals surface area contributed by atoms with E-state index in [2.05, 4.69) is 5.32 Å². The summed E-state index contributed by atoms with van der Waals surface area (Å²) >= 11 is 0. The van der Waals surface area contributed by atoms with E-state index in [-0.39, 0.29) is 34.7 Å². The Morgan fingerprint density at radius 1 is 1.10 bits per heavy atom. The molecule has 0 aromatic heterocycles. The molecule has 0 bridgehead atoms. The molecule has 2 heterocycles. The average molecular weight is 418 g/mol. The van der Waals surface area contributed by atoms with E-state index in [1.165, 1.54) is 35.2 Å². The molecule has 154 valence electrons. The van der Waals surface area contributed by atoms with Gasteiger partial charge in [-0.2, -0.15) is 5.26 Å². The molecular formula is C23H16F2N4O2. The summed E-state index contributed by atoms with van der Waals surface area (Å²) in [4.78, 5) is 28.1. The number of nitrogens with two attached hydrogens (primary N) is 1. The molecule has 0 saturated heterocycles. The minimum absolute atomic E-state index is 0.0891. The summed E-state index contributed by atoms with van der Waals surface area (Å²) in [5.41, 5.74) is 5.74. The number of Topliss-reactive ketones (excluding diaryl/α,β-unsaturated/α-hetero) is 1. The highest BCUT2D eigenvalue weighted by Gasteiger charge is 2.60. The van der Waals surface area contributed by atoms with Gasteiger partial charge in [-0.05, 0) is 49.2 Å². The summed E-state index contributed by atoms with van der Waals surface area (Å²) < 4.78 is 28.2. The number of rotatable bonds is 1. The first-order valence-electron chi connectivity index (χ1n) is 9.74. The van der Waals surface area contributed by atoms with Gasteiger partial charge < -0.3 is 11.1 Å². The molecule has 3 aliphatic rings. The molecule has 8 heteroatoms. The molecule has 2 aromatic carbocycles. The van der Waals surface area contributed by atoms with E-state index in [1.807, 2.05) is 6.07 Å². The second-order valence-electron chi connectivity index (χ2n) is 7.68. The number of nitrogens with one attached hydrogen (secondary N) is 1. The zero-order valence-electron chi connectivity index (χ0n) is 16.2. The van der Waals surface area contributed by atoms with Crippen LogP contribution in [-0.4, -0.2) is 11.7 Å². The molecule has 2 aliphatic heterocycles. The van der Waals surface area contributed by atoms with Gasteiger partial charge in [0.15, 0.2) is 5.78 Å².